The van der Waals surface area contributed by atoms with Crippen molar-refractivity contribution in [2.24, 2.45) is 0 Å². The summed E-state index contributed by atoms with van der Waals surface area (Å²) in [6.07, 6.45) is 3.19. The van der Waals surface area contributed by atoms with Crippen molar-refractivity contribution < 1.29 is 5.11 Å². The predicted octanol–water partition coefficient (Wildman–Crippen LogP) is 1.63. The molecule has 1 aliphatic carbocycles. The molecule has 3 atom stereocenters. The topological polar surface area (TPSA) is 32.3 Å². The monoisotopic (exact) mass is 203 g/mol. The average molecular weight is 203 g/mol. The first-order valence-corrected chi connectivity index (χ1v) is 6.41. The van der Waals surface area contributed by atoms with Crippen LogP contribution in [0.1, 0.15) is 33.1 Å². The van der Waals surface area contributed by atoms with Crippen LogP contribution in [0.25, 0.3) is 0 Å². The van der Waals surface area contributed by atoms with Crippen molar-refractivity contribution in [1.82, 2.24) is 5.32 Å². The first-order chi connectivity index (χ1) is 6.24. The van der Waals surface area contributed by atoms with Crippen LogP contribution in [0.15, 0.2) is 0 Å². The highest BCUT2D eigenvalue weighted by Gasteiger charge is 2.25. The van der Waals surface area contributed by atoms with Crippen LogP contribution in [-0.4, -0.2) is 34.8 Å². The molecule has 13 heavy (non-hydrogen) atoms. The minimum atomic E-state index is -0.103. The molecule has 0 aromatic carbocycles. The van der Waals surface area contributed by atoms with Crippen LogP contribution in [0.4, 0.5) is 0 Å². The number of hydrogen-bond donors (Lipinski definition) is 2. The van der Waals surface area contributed by atoms with Gasteiger partial charge in [-0.3, -0.25) is 0 Å². The van der Waals surface area contributed by atoms with Gasteiger partial charge in [0.25, 0.3) is 0 Å². The highest BCUT2D eigenvalue weighted by molar-refractivity contribution is 7.99. The van der Waals surface area contributed by atoms with E-state index in [1.165, 1.54) is 12.2 Å². The fourth-order valence-electron chi connectivity index (χ4n) is 1.84. The van der Waals surface area contributed by atoms with Gasteiger partial charge in [0.2, 0.25) is 0 Å². The number of hydrogen-bond acceptors (Lipinski definition) is 3. The van der Waals surface area contributed by atoms with Crippen LogP contribution in [-0.2, 0) is 0 Å². The molecule has 0 amide bonds. The van der Waals surface area contributed by atoms with Crippen LogP contribution >= 0.6 is 11.8 Å². The van der Waals surface area contributed by atoms with Crippen LogP contribution in [0.2, 0.25) is 0 Å². The summed E-state index contributed by atoms with van der Waals surface area (Å²) in [5.41, 5.74) is 0. The molecule has 1 unspecified atom stereocenters. The zero-order chi connectivity index (χ0) is 9.68. The van der Waals surface area contributed by atoms with Crippen molar-refractivity contribution in [3.63, 3.8) is 0 Å². The summed E-state index contributed by atoms with van der Waals surface area (Å²) in [6, 6.07) is 0.884. The maximum absolute atomic E-state index is 9.59. The quantitative estimate of drug-likeness (QED) is 0.712. The Balaban J connectivity index is 2.15. The Bertz CT molecular complexity index is 143. The van der Waals surface area contributed by atoms with Crippen LogP contribution < -0.4 is 5.32 Å². The molecule has 2 N–H and O–H groups in total. The van der Waals surface area contributed by atoms with Crippen LogP contribution in [0, 0.1) is 0 Å². The Hall–Kier alpha value is 0.270. The zero-order valence-electron chi connectivity index (χ0n) is 8.62. The van der Waals surface area contributed by atoms with Gasteiger partial charge in [-0.2, -0.15) is 11.8 Å². The first-order valence-electron chi connectivity index (χ1n) is 5.26. The molecule has 0 heterocycles. The highest BCUT2D eigenvalue weighted by atomic mass is 32.2. The second-order valence-corrected chi connectivity index (χ2v) is 5.15. The van der Waals surface area contributed by atoms with E-state index in [0.717, 1.165) is 18.6 Å². The lowest BCUT2D eigenvalue weighted by molar-refractivity contribution is 0.145. The van der Waals surface area contributed by atoms with Gasteiger partial charge in [0.05, 0.1) is 6.10 Å². The van der Waals surface area contributed by atoms with Crippen molar-refractivity contribution in [3.05, 3.63) is 0 Å². The van der Waals surface area contributed by atoms with Crippen molar-refractivity contribution in [2.75, 3.05) is 11.5 Å². The fourth-order valence-corrected chi connectivity index (χ4v) is 2.53. The third-order valence-electron chi connectivity index (χ3n) is 2.55. The van der Waals surface area contributed by atoms with Gasteiger partial charge in [-0.05, 0) is 31.9 Å². The van der Waals surface area contributed by atoms with Gasteiger partial charge in [-0.15, -0.1) is 0 Å². The molecule has 1 fully saturated rings. The summed E-state index contributed by atoms with van der Waals surface area (Å²) >= 11 is 1.96. The van der Waals surface area contributed by atoms with Gasteiger partial charge in [0, 0.05) is 17.8 Å². The van der Waals surface area contributed by atoms with E-state index in [9.17, 15) is 5.11 Å². The van der Waals surface area contributed by atoms with Crippen molar-refractivity contribution in [1.29, 1.82) is 0 Å². The summed E-state index contributed by atoms with van der Waals surface area (Å²) in [5, 5.41) is 13.1. The molecule has 1 saturated carbocycles. The Morgan fingerprint density at radius 2 is 2.31 bits per heavy atom. The molecule has 0 bridgehead atoms. The summed E-state index contributed by atoms with van der Waals surface area (Å²) in [6.45, 7) is 4.38. The molecule has 78 valence electrons. The van der Waals surface area contributed by atoms with E-state index in [-0.39, 0.29) is 6.10 Å². The van der Waals surface area contributed by atoms with Crippen molar-refractivity contribution in [3.8, 4) is 0 Å². The van der Waals surface area contributed by atoms with Gasteiger partial charge in [0.15, 0.2) is 0 Å². The maximum atomic E-state index is 9.59. The highest BCUT2D eigenvalue weighted by Crippen LogP contribution is 2.19. The van der Waals surface area contributed by atoms with E-state index in [1.807, 2.05) is 11.8 Å². The van der Waals surface area contributed by atoms with Gasteiger partial charge < -0.3 is 10.4 Å². The third kappa shape index (κ3) is 3.88. The molecule has 3 heteroatoms. The molecular formula is C10H21NOS. The third-order valence-corrected chi connectivity index (χ3v) is 3.69. The summed E-state index contributed by atoms with van der Waals surface area (Å²) in [4.78, 5) is 0. The number of rotatable bonds is 5. The number of thioether (sulfide) groups is 1. The molecule has 0 radical (unpaired) electrons. The van der Waals surface area contributed by atoms with E-state index in [2.05, 4.69) is 19.2 Å². The van der Waals surface area contributed by atoms with E-state index in [0.29, 0.717) is 12.1 Å². The predicted molar refractivity (Wildman–Crippen MR) is 59.2 cm³/mol. The summed E-state index contributed by atoms with van der Waals surface area (Å²) in [5.74, 6) is 2.33. The molecule has 1 aliphatic rings. The Kier molecular flexibility index (Phi) is 5.14. The number of aliphatic hydroxyl groups is 1. The van der Waals surface area contributed by atoms with Gasteiger partial charge in [-0.1, -0.05) is 6.92 Å². The average Bonchev–Trinajstić information content (AvgIpc) is 2.48. The number of nitrogens with one attached hydrogen (secondary N) is 1. The largest absolute Gasteiger partial charge is 0.392 e. The SMILES string of the molecule is CCSCC(C)N[C@H]1CCC[C@@H]1O. The normalized spacial score (nSPS) is 30.7. The molecule has 0 aromatic rings. The number of aliphatic hydroxyl groups excluding tert-OH is 1. The van der Waals surface area contributed by atoms with Gasteiger partial charge >= 0.3 is 0 Å². The lowest BCUT2D eigenvalue weighted by Crippen LogP contribution is -2.42. The molecular weight excluding hydrogens is 182 g/mol. The molecule has 0 saturated heterocycles. The molecule has 0 spiro atoms. The van der Waals surface area contributed by atoms with E-state index >= 15 is 0 Å². The standard InChI is InChI=1S/C10H21NOS/c1-3-13-7-8(2)11-9-5-4-6-10(9)12/h8-12H,3-7H2,1-2H3/t8?,9-,10-/m0/s1. The van der Waals surface area contributed by atoms with Gasteiger partial charge in [0.1, 0.15) is 0 Å². The summed E-state index contributed by atoms with van der Waals surface area (Å²) < 4.78 is 0. The van der Waals surface area contributed by atoms with E-state index in [1.54, 1.807) is 0 Å². The second-order valence-electron chi connectivity index (χ2n) is 3.83. The Morgan fingerprint density at radius 3 is 2.85 bits per heavy atom. The molecule has 2 nitrogen and oxygen atoms in total. The lowest BCUT2D eigenvalue weighted by atomic mass is 10.2. The smallest absolute Gasteiger partial charge is 0.0693 e. The van der Waals surface area contributed by atoms with Crippen LogP contribution in [0.3, 0.4) is 0 Å². The van der Waals surface area contributed by atoms with Crippen molar-refractivity contribution >= 4 is 11.8 Å². The molecule has 0 aliphatic heterocycles. The minimum absolute atomic E-state index is 0.103. The summed E-state index contributed by atoms with van der Waals surface area (Å²) in [7, 11) is 0. The Labute approximate surface area is 85.5 Å². The molecule has 0 aromatic heterocycles. The van der Waals surface area contributed by atoms with E-state index in [4.69, 9.17) is 0 Å². The van der Waals surface area contributed by atoms with Crippen molar-refractivity contribution in [2.45, 2.75) is 51.3 Å². The minimum Gasteiger partial charge on any atom is -0.392 e. The molecule has 1 rings (SSSR count). The van der Waals surface area contributed by atoms with Gasteiger partial charge in [-0.25, -0.2) is 0 Å². The maximum Gasteiger partial charge on any atom is 0.0693 e. The fraction of sp³-hybridized carbons (Fsp3) is 1.00. The first kappa shape index (κ1) is 11.3. The lowest BCUT2D eigenvalue weighted by Gasteiger charge is -2.21. The second kappa shape index (κ2) is 5.89. The Morgan fingerprint density at radius 1 is 1.54 bits per heavy atom. The van der Waals surface area contributed by atoms with Crippen LogP contribution in [0.5, 0.6) is 0 Å². The zero-order valence-corrected chi connectivity index (χ0v) is 9.44. The van der Waals surface area contributed by atoms with E-state index < -0.39 is 0 Å².